The summed E-state index contributed by atoms with van der Waals surface area (Å²) in [5, 5.41) is 8.51. The lowest BCUT2D eigenvalue weighted by molar-refractivity contribution is -0.144. The van der Waals surface area contributed by atoms with E-state index >= 15 is 0 Å². The summed E-state index contributed by atoms with van der Waals surface area (Å²) in [6, 6.07) is 2.04. The number of nitrogens with zero attached hydrogens (tertiary/aromatic N) is 1. The first kappa shape index (κ1) is 10.4. The van der Waals surface area contributed by atoms with Crippen molar-refractivity contribution in [3.8, 4) is 6.07 Å². The molecule has 0 rings (SSSR count). The van der Waals surface area contributed by atoms with Crippen molar-refractivity contribution in [2.45, 2.75) is 39.6 Å². The Morgan fingerprint density at radius 1 is 1.45 bits per heavy atom. The molecule has 0 aliphatic rings. The smallest absolute Gasteiger partial charge is 0.156 e. The highest BCUT2D eigenvalue weighted by molar-refractivity contribution is 4.82. The van der Waals surface area contributed by atoms with Crippen LogP contribution in [-0.4, -0.2) is 19.0 Å². The first-order chi connectivity index (χ1) is 5.24. The number of rotatable bonds is 5. The summed E-state index contributed by atoms with van der Waals surface area (Å²) >= 11 is 0. The summed E-state index contributed by atoms with van der Waals surface area (Å²) in [5.74, 6) is 0. The van der Waals surface area contributed by atoms with E-state index in [9.17, 15) is 0 Å². The van der Waals surface area contributed by atoms with Gasteiger partial charge in [0.05, 0.1) is 6.07 Å². The van der Waals surface area contributed by atoms with Gasteiger partial charge in [-0.1, -0.05) is 6.92 Å². The van der Waals surface area contributed by atoms with Crippen LogP contribution in [0.4, 0.5) is 0 Å². The molecule has 0 aromatic carbocycles. The highest BCUT2D eigenvalue weighted by Crippen LogP contribution is 2.02. The van der Waals surface area contributed by atoms with Gasteiger partial charge in [0.1, 0.15) is 6.10 Å². The molecule has 0 bridgehead atoms. The fraction of sp³-hybridized carbons (Fsp3) is 0.875. The molecule has 0 saturated heterocycles. The molecule has 0 fully saturated rings. The van der Waals surface area contributed by atoms with Crippen molar-refractivity contribution in [3.05, 3.63) is 0 Å². The molecule has 0 aliphatic carbocycles. The molecule has 0 N–H and O–H groups in total. The molecule has 0 spiro atoms. The molecule has 0 heterocycles. The molecule has 0 aliphatic heterocycles. The monoisotopic (exact) mass is 157 g/mol. The van der Waals surface area contributed by atoms with E-state index in [0.29, 0.717) is 13.0 Å². The van der Waals surface area contributed by atoms with Crippen LogP contribution in [-0.2, 0) is 9.47 Å². The molecule has 0 amide bonds. The van der Waals surface area contributed by atoms with Crippen LogP contribution >= 0.6 is 0 Å². The molecule has 2 atom stereocenters. The zero-order chi connectivity index (χ0) is 8.69. The maximum absolute atomic E-state index is 8.51. The van der Waals surface area contributed by atoms with E-state index in [1.165, 1.54) is 0 Å². The quantitative estimate of drug-likeness (QED) is 0.570. The summed E-state index contributed by atoms with van der Waals surface area (Å²) in [5.41, 5.74) is 0. The van der Waals surface area contributed by atoms with Gasteiger partial charge in [-0.25, -0.2) is 0 Å². The molecule has 3 heteroatoms. The van der Waals surface area contributed by atoms with Gasteiger partial charge in [-0.05, 0) is 20.3 Å². The average molecular weight is 157 g/mol. The summed E-state index contributed by atoms with van der Waals surface area (Å²) in [6.07, 6.45) is 0.0922. The van der Waals surface area contributed by atoms with Crippen molar-refractivity contribution < 1.29 is 9.47 Å². The van der Waals surface area contributed by atoms with Crippen LogP contribution in [0.15, 0.2) is 0 Å². The lowest BCUT2D eigenvalue weighted by atomic mass is 10.3. The zero-order valence-electron chi connectivity index (χ0n) is 7.33. The predicted molar refractivity (Wildman–Crippen MR) is 41.9 cm³/mol. The normalized spacial score (nSPS) is 15.5. The van der Waals surface area contributed by atoms with Crippen molar-refractivity contribution in [3.63, 3.8) is 0 Å². The van der Waals surface area contributed by atoms with E-state index in [1.54, 1.807) is 6.92 Å². The SMILES string of the molecule is CCO[C@@H](C)O[C@H](C#N)CC. The van der Waals surface area contributed by atoms with Crippen LogP contribution < -0.4 is 0 Å². The van der Waals surface area contributed by atoms with Crippen molar-refractivity contribution in [1.82, 2.24) is 0 Å². The van der Waals surface area contributed by atoms with Crippen molar-refractivity contribution in [1.29, 1.82) is 5.26 Å². The third-order valence-electron chi connectivity index (χ3n) is 1.27. The Morgan fingerprint density at radius 3 is 2.45 bits per heavy atom. The Kier molecular flexibility index (Phi) is 5.81. The highest BCUT2D eigenvalue weighted by Gasteiger charge is 2.09. The average Bonchev–Trinajstić information content (AvgIpc) is 2.01. The Morgan fingerprint density at radius 2 is 2.09 bits per heavy atom. The zero-order valence-corrected chi connectivity index (χ0v) is 7.33. The third-order valence-corrected chi connectivity index (χ3v) is 1.27. The molecule has 0 aromatic rings. The second kappa shape index (κ2) is 6.14. The minimum absolute atomic E-state index is 0.274. The standard InChI is InChI=1S/C8H15NO2/c1-4-8(6-9)11-7(3)10-5-2/h7-8H,4-5H2,1-3H3/t7-,8+/m1/s1. The highest BCUT2D eigenvalue weighted by atomic mass is 16.7. The van der Waals surface area contributed by atoms with E-state index in [-0.39, 0.29) is 12.4 Å². The van der Waals surface area contributed by atoms with Gasteiger partial charge >= 0.3 is 0 Å². The van der Waals surface area contributed by atoms with Crippen LogP contribution in [0.25, 0.3) is 0 Å². The summed E-state index contributed by atoms with van der Waals surface area (Å²) in [7, 11) is 0. The second-order valence-electron chi connectivity index (χ2n) is 2.19. The van der Waals surface area contributed by atoms with E-state index in [0.717, 1.165) is 0 Å². The van der Waals surface area contributed by atoms with Crippen LogP contribution in [0.5, 0.6) is 0 Å². The molecule has 0 unspecified atom stereocenters. The van der Waals surface area contributed by atoms with Gasteiger partial charge < -0.3 is 9.47 Å². The molecule has 3 nitrogen and oxygen atoms in total. The van der Waals surface area contributed by atoms with E-state index < -0.39 is 0 Å². The van der Waals surface area contributed by atoms with Gasteiger partial charge in [-0.15, -0.1) is 0 Å². The molecule has 0 saturated carbocycles. The number of nitriles is 1. The Labute approximate surface area is 67.9 Å². The molecule has 0 aromatic heterocycles. The van der Waals surface area contributed by atoms with Gasteiger partial charge in [0.2, 0.25) is 0 Å². The lowest BCUT2D eigenvalue weighted by Gasteiger charge is -2.15. The fourth-order valence-corrected chi connectivity index (χ4v) is 0.723. The molecular weight excluding hydrogens is 142 g/mol. The van der Waals surface area contributed by atoms with E-state index in [1.807, 2.05) is 19.9 Å². The van der Waals surface area contributed by atoms with Crippen molar-refractivity contribution >= 4 is 0 Å². The van der Waals surface area contributed by atoms with Crippen molar-refractivity contribution in [2.24, 2.45) is 0 Å². The number of ether oxygens (including phenoxy) is 2. The van der Waals surface area contributed by atoms with Gasteiger partial charge in [-0.3, -0.25) is 0 Å². The molecular formula is C8H15NO2. The maximum atomic E-state index is 8.51. The fourth-order valence-electron chi connectivity index (χ4n) is 0.723. The third kappa shape index (κ3) is 4.77. The maximum Gasteiger partial charge on any atom is 0.156 e. The minimum Gasteiger partial charge on any atom is -0.353 e. The van der Waals surface area contributed by atoms with Crippen LogP contribution in [0, 0.1) is 11.3 Å². The van der Waals surface area contributed by atoms with Crippen molar-refractivity contribution in [2.75, 3.05) is 6.61 Å². The molecule has 11 heavy (non-hydrogen) atoms. The Balaban J connectivity index is 3.55. The van der Waals surface area contributed by atoms with Gasteiger partial charge in [0, 0.05) is 6.61 Å². The summed E-state index contributed by atoms with van der Waals surface area (Å²) in [6.45, 7) is 6.21. The number of hydrogen-bond acceptors (Lipinski definition) is 3. The lowest BCUT2D eigenvalue weighted by Crippen LogP contribution is -2.20. The largest absolute Gasteiger partial charge is 0.353 e. The van der Waals surface area contributed by atoms with Gasteiger partial charge in [0.25, 0.3) is 0 Å². The first-order valence-corrected chi connectivity index (χ1v) is 3.91. The molecule has 64 valence electrons. The Bertz CT molecular complexity index is 131. The van der Waals surface area contributed by atoms with E-state index in [2.05, 4.69) is 0 Å². The first-order valence-electron chi connectivity index (χ1n) is 3.91. The molecule has 0 radical (unpaired) electrons. The Hall–Kier alpha value is -0.590. The topological polar surface area (TPSA) is 42.2 Å². The minimum atomic E-state index is -0.337. The predicted octanol–water partition coefficient (Wildman–Crippen LogP) is 1.69. The van der Waals surface area contributed by atoms with E-state index in [4.69, 9.17) is 14.7 Å². The van der Waals surface area contributed by atoms with Crippen LogP contribution in [0.2, 0.25) is 0 Å². The van der Waals surface area contributed by atoms with Gasteiger partial charge in [-0.2, -0.15) is 5.26 Å². The van der Waals surface area contributed by atoms with Crippen LogP contribution in [0.3, 0.4) is 0 Å². The van der Waals surface area contributed by atoms with Crippen LogP contribution in [0.1, 0.15) is 27.2 Å². The summed E-state index contributed by atoms with van der Waals surface area (Å²) < 4.78 is 10.3. The van der Waals surface area contributed by atoms with Gasteiger partial charge in [0.15, 0.2) is 6.29 Å². The second-order valence-corrected chi connectivity index (χ2v) is 2.19. The number of hydrogen-bond donors (Lipinski definition) is 0. The summed E-state index contributed by atoms with van der Waals surface area (Å²) in [4.78, 5) is 0.